The van der Waals surface area contributed by atoms with E-state index in [1.54, 1.807) is 0 Å². The molecule has 7 heavy (non-hydrogen) atoms. The van der Waals surface area contributed by atoms with E-state index >= 15 is 0 Å². The molecule has 0 spiro atoms. The van der Waals surface area contributed by atoms with E-state index in [9.17, 15) is 8.42 Å². The minimum atomic E-state index is -3.90. The van der Waals surface area contributed by atoms with Crippen LogP contribution in [0.4, 0.5) is 0 Å². The van der Waals surface area contributed by atoms with Crippen molar-refractivity contribution in [3.63, 3.8) is 0 Å². The predicted octanol–water partition coefficient (Wildman–Crippen LogP) is -0.363. The van der Waals surface area contributed by atoms with Crippen LogP contribution in [0.25, 0.3) is 0 Å². The van der Waals surface area contributed by atoms with E-state index in [0.717, 1.165) is 0 Å². The van der Waals surface area contributed by atoms with Crippen molar-refractivity contribution in [3.05, 3.63) is 12.0 Å². The van der Waals surface area contributed by atoms with Crippen molar-refractivity contribution < 1.29 is 13.0 Å². The summed E-state index contributed by atoms with van der Waals surface area (Å²) in [6, 6.07) is 0. The Balaban J connectivity index is 0. The number of hydrogen-bond acceptors (Lipinski definition) is 2. The van der Waals surface area contributed by atoms with Gasteiger partial charge in [-0.25, -0.2) is 0 Å². The topological polar surface area (TPSA) is 54.4 Å². The minimum Gasteiger partial charge on any atom is -0.282 e. The zero-order chi connectivity index (χ0) is 5.21. The van der Waals surface area contributed by atoms with Crippen LogP contribution in [0.3, 0.4) is 0 Å². The summed E-state index contributed by atoms with van der Waals surface area (Å²) in [4.78, 5) is 0. The fourth-order valence-corrected chi connectivity index (χ4v) is 0. The Labute approximate surface area is 54.3 Å². The average Bonchev–Trinajstić information content (AvgIpc) is 1.35. The fourth-order valence-electron chi connectivity index (χ4n) is 0. The smallest absolute Gasteiger partial charge is 0.282 e. The number of rotatable bonds is 1. The zero-order valence-electron chi connectivity index (χ0n) is 3.96. The van der Waals surface area contributed by atoms with Crippen LogP contribution in [-0.4, -0.2) is 31.8 Å². The molecule has 5 heteroatoms. The third-order valence-corrected chi connectivity index (χ3v) is 0.632. The Hall–Kier alpha value is 0.247. The van der Waals surface area contributed by atoms with Crippen LogP contribution in [0, 0.1) is 0 Å². The molecule has 0 atom stereocenters. The van der Waals surface area contributed by atoms with Gasteiger partial charge in [-0.05, 0) is 0 Å². The van der Waals surface area contributed by atoms with Crippen molar-refractivity contribution in [1.82, 2.24) is 0 Å². The fraction of sp³-hybridized carbons (Fsp3) is 0. The molecule has 0 aromatic carbocycles. The van der Waals surface area contributed by atoms with Gasteiger partial charge in [0.15, 0.2) is 0 Å². The largest absolute Gasteiger partial charge is 0.287 e. The van der Waals surface area contributed by atoms with E-state index in [1.165, 1.54) is 0 Å². The minimum absolute atomic E-state index is 0. The van der Waals surface area contributed by atoms with E-state index in [2.05, 4.69) is 6.58 Å². The summed E-state index contributed by atoms with van der Waals surface area (Å²) in [6.07, 6.45) is 0. The first kappa shape index (κ1) is 10.3. The van der Waals surface area contributed by atoms with Crippen LogP contribution in [0.2, 0.25) is 0 Å². The summed E-state index contributed by atoms with van der Waals surface area (Å²) in [6.45, 7) is 2.79. The molecule has 0 heterocycles. The van der Waals surface area contributed by atoms with Gasteiger partial charge in [-0.1, -0.05) is 6.58 Å². The molecule has 0 saturated carbocycles. The predicted molar refractivity (Wildman–Crippen MR) is 27.5 cm³/mol. The second kappa shape index (κ2) is 3.28. The summed E-state index contributed by atoms with van der Waals surface area (Å²) in [7, 11) is -3.90. The molecular formula is C2H4LiO3S. The Morgan fingerprint density at radius 1 is 1.57 bits per heavy atom. The molecule has 1 radical (unpaired) electrons. The van der Waals surface area contributed by atoms with Crippen LogP contribution in [0.5, 0.6) is 0 Å². The summed E-state index contributed by atoms with van der Waals surface area (Å²) in [5.41, 5.74) is 0. The molecule has 0 aliphatic rings. The van der Waals surface area contributed by atoms with Gasteiger partial charge >= 0.3 is 0 Å². The Kier molecular flexibility index (Phi) is 4.81. The quantitative estimate of drug-likeness (QED) is 0.375. The molecule has 0 rings (SSSR count). The van der Waals surface area contributed by atoms with Crippen LogP contribution >= 0.6 is 0 Å². The van der Waals surface area contributed by atoms with Crippen LogP contribution in [-0.2, 0) is 10.1 Å². The molecule has 0 unspecified atom stereocenters. The molecule has 0 bridgehead atoms. The van der Waals surface area contributed by atoms with E-state index in [4.69, 9.17) is 4.55 Å². The summed E-state index contributed by atoms with van der Waals surface area (Å²) >= 11 is 0. The zero-order valence-corrected chi connectivity index (χ0v) is 4.77. The molecular weight excluding hydrogens is 111 g/mol. The van der Waals surface area contributed by atoms with E-state index in [-0.39, 0.29) is 18.9 Å². The molecule has 0 amide bonds. The van der Waals surface area contributed by atoms with Gasteiger partial charge in [0, 0.05) is 18.9 Å². The van der Waals surface area contributed by atoms with Crippen molar-refractivity contribution >= 4 is 29.0 Å². The molecule has 37 valence electrons. The summed E-state index contributed by atoms with van der Waals surface area (Å²) < 4.78 is 26.6. The normalized spacial score (nSPS) is 9.29. The molecule has 0 saturated heterocycles. The second-order valence-corrected chi connectivity index (χ2v) is 2.04. The van der Waals surface area contributed by atoms with E-state index < -0.39 is 10.1 Å². The van der Waals surface area contributed by atoms with Crippen molar-refractivity contribution in [2.45, 2.75) is 0 Å². The molecule has 0 aromatic heterocycles. The molecule has 0 aliphatic carbocycles. The molecule has 0 fully saturated rings. The maximum absolute atomic E-state index is 9.44. The third kappa shape index (κ3) is 10.7. The van der Waals surface area contributed by atoms with Gasteiger partial charge in [-0.15, -0.1) is 0 Å². The maximum Gasteiger partial charge on any atom is 0.287 e. The van der Waals surface area contributed by atoms with Crippen molar-refractivity contribution in [3.8, 4) is 0 Å². The molecule has 3 nitrogen and oxygen atoms in total. The van der Waals surface area contributed by atoms with E-state index in [0.29, 0.717) is 5.41 Å². The maximum atomic E-state index is 9.44. The Morgan fingerprint density at radius 3 is 1.71 bits per heavy atom. The van der Waals surface area contributed by atoms with Crippen molar-refractivity contribution in [2.24, 2.45) is 0 Å². The van der Waals surface area contributed by atoms with Gasteiger partial charge < -0.3 is 0 Å². The average molecular weight is 115 g/mol. The van der Waals surface area contributed by atoms with Gasteiger partial charge in [0.1, 0.15) is 0 Å². The second-order valence-electron chi connectivity index (χ2n) is 0.682. The first-order valence-electron chi connectivity index (χ1n) is 1.16. The van der Waals surface area contributed by atoms with Crippen LogP contribution in [0.15, 0.2) is 12.0 Å². The first-order chi connectivity index (χ1) is 2.56. The Morgan fingerprint density at radius 2 is 1.71 bits per heavy atom. The summed E-state index contributed by atoms with van der Waals surface area (Å²) in [5.74, 6) is 0. The van der Waals surface area contributed by atoms with Crippen molar-refractivity contribution in [2.75, 3.05) is 0 Å². The summed E-state index contributed by atoms with van der Waals surface area (Å²) in [5, 5.41) is 0.465. The molecule has 0 aliphatic heterocycles. The van der Waals surface area contributed by atoms with Crippen molar-refractivity contribution in [1.29, 1.82) is 0 Å². The van der Waals surface area contributed by atoms with Gasteiger partial charge in [-0.2, -0.15) is 8.42 Å². The monoisotopic (exact) mass is 115 g/mol. The van der Waals surface area contributed by atoms with E-state index in [1.807, 2.05) is 0 Å². The SMILES string of the molecule is C=CS(=O)(=O)O.[Li]. The Bertz CT molecular complexity index is 123. The molecule has 0 aromatic rings. The van der Waals surface area contributed by atoms with Gasteiger partial charge in [0.25, 0.3) is 10.1 Å². The number of hydrogen-bond donors (Lipinski definition) is 1. The molecule has 1 N–H and O–H groups in total. The van der Waals surface area contributed by atoms with Gasteiger partial charge in [0.2, 0.25) is 0 Å². The van der Waals surface area contributed by atoms with Crippen LogP contribution in [0.1, 0.15) is 0 Å². The van der Waals surface area contributed by atoms with Crippen LogP contribution < -0.4 is 0 Å². The standard InChI is InChI=1S/C2H4O3S.Li/c1-2-6(3,4)5;/h2H,1H2,(H,3,4,5);. The first-order valence-corrected chi connectivity index (χ1v) is 2.66. The third-order valence-electron chi connectivity index (χ3n) is 0.211. The van der Waals surface area contributed by atoms with Gasteiger partial charge in [0.05, 0.1) is 5.41 Å². The van der Waals surface area contributed by atoms with Gasteiger partial charge in [-0.3, -0.25) is 4.55 Å².